The Labute approximate surface area is 143 Å². The summed E-state index contributed by atoms with van der Waals surface area (Å²) in [6.07, 6.45) is 5.68. The normalized spacial score (nSPS) is 11.0. The molecule has 1 aromatic carbocycles. The number of aromatic nitrogens is 4. The molecular weight excluding hydrogens is 316 g/mol. The molecule has 124 valence electrons. The summed E-state index contributed by atoms with van der Waals surface area (Å²) in [5, 5.41) is 5.17. The van der Waals surface area contributed by atoms with Gasteiger partial charge in [-0.05, 0) is 30.3 Å². The van der Waals surface area contributed by atoms with E-state index >= 15 is 0 Å². The van der Waals surface area contributed by atoms with Gasteiger partial charge in [0, 0.05) is 48.0 Å². The minimum Gasteiger partial charge on any atom is -0.370 e. The largest absolute Gasteiger partial charge is 0.370 e. The van der Waals surface area contributed by atoms with Gasteiger partial charge < -0.3 is 15.6 Å². The fourth-order valence-corrected chi connectivity index (χ4v) is 2.72. The molecule has 0 aliphatic heterocycles. The van der Waals surface area contributed by atoms with Crippen molar-refractivity contribution < 1.29 is 4.79 Å². The number of carbonyl (C=O) groups excluding carboxylic acids is 1. The van der Waals surface area contributed by atoms with Crippen molar-refractivity contribution >= 4 is 39.5 Å². The van der Waals surface area contributed by atoms with E-state index in [1.807, 2.05) is 47.2 Å². The van der Waals surface area contributed by atoms with Crippen molar-refractivity contribution in [2.75, 3.05) is 5.32 Å². The zero-order valence-corrected chi connectivity index (χ0v) is 13.4. The average Bonchev–Trinajstić information content (AvgIpc) is 3.02. The number of fused-ring (bicyclic) bond motifs is 2. The Morgan fingerprint density at radius 1 is 1.16 bits per heavy atom. The maximum atomic E-state index is 11.0. The number of pyridine rings is 1. The van der Waals surface area contributed by atoms with Crippen LogP contribution in [0, 0.1) is 0 Å². The summed E-state index contributed by atoms with van der Waals surface area (Å²) in [6.45, 7) is 0.497. The molecule has 3 heterocycles. The Morgan fingerprint density at radius 3 is 2.96 bits per heavy atom. The molecular formula is C18H16N6O. The maximum Gasteiger partial charge on any atom is 0.229 e. The number of benzene rings is 1. The predicted molar refractivity (Wildman–Crippen MR) is 96.4 cm³/mol. The number of aryl methyl sites for hydroxylation is 1. The van der Waals surface area contributed by atoms with Crippen LogP contribution >= 0.6 is 0 Å². The molecule has 0 atom stereocenters. The summed E-state index contributed by atoms with van der Waals surface area (Å²) in [5.41, 5.74) is 7.81. The fraction of sp³-hybridized carbons (Fsp3) is 0.111. The van der Waals surface area contributed by atoms with E-state index in [1.54, 1.807) is 12.4 Å². The van der Waals surface area contributed by atoms with Crippen LogP contribution in [-0.4, -0.2) is 25.4 Å². The number of rotatable bonds is 5. The Bertz CT molecular complexity index is 1070. The lowest BCUT2D eigenvalue weighted by Crippen LogP contribution is -2.13. The van der Waals surface area contributed by atoms with E-state index in [2.05, 4.69) is 20.3 Å². The molecule has 0 saturated heterocycles. The van der Waals surface area contributed by atoms with Crippen molar-refractivity contribution in [2.45, 2.75) is 13.0 Å². The van der Waals surface area contributed by atoms with Crippen molar-refractivity contribution in [1.82, 2.24) is 19.5 Å². The zero-order valence-electron chi connectivity index (χ0n) is 13.4. The van der Waals surface area contributed by atoms with E-state index in [9.17, 15) is 4.79 Å². The van der Waals surface area contributed by atoms with Gasteiger partial charge in [0.15, 0.2) is 0 Å². The van der Waals surface area contributed by atoms with Gasteiger partial charge in [0.2, 0.25) is 11.9 Å². The van der Waals surface area contributed by atoms with Crippen LogP contribution in [0.5, 0.6) is 0 Å². The summed E-state index contributed by atoms with van der Waals surface area (Å²) in [5.74, 6) is 0.161. The Kier molecular flexibility index (Phi) is 3.74. The molecule has 0 saturated carbocycles. The first kappa shape index (κ1) is 15.1. The summed E-state index contributed by atoms with van der Waals surface area (Å²) < 4.78 is 1.90. The van der Waals surface area contributed by atoms with Crippen molar-refractivity contribution in [3.05, 3.63) is 55.0 Å². The first-order valence-corrected chi connectivity index (χ1v) is 7.91. The predicted octanol–water partition coefficient (Wildman–Crippen LogP) is 2.60. The smallest absolute Gasteiger partial charge is 0.229 e. The Hall–Kier alpha value is -3.48. The highest BCUT2D eigenvalue weighted by Gasteiger charge is 2.07. The number of hydrogen-bond acceptors (Lipinski definition) is 5. The maximum absolute atomic E-state index is 11.0. The SMILES string of the molecule is NC(=O)CCn1ccc2cnc(Nc3ccc4ncccc4c3)nc21. The number of anilines is 2. The number of nitrogens with two attached hydrogens (primary N) is 1. The van der Waals surface area contributed by atoms with Crippen LogP contribution in [-0.2, 0) is 11.3 Å². The van der Waals surface area contributed by atoms with E-state index in [4.69, 9.17) is 5.73 Å². The van der Waals surface area contributed by atoms with Crippen LogP contribution < -0.4 is 11.1 Å². The molecule has 25 heavy (non-hydrogen) atoms. The molecule has 0 bridgehead atoms. The van der Waals surface area contributed by atoms with Gasteiger partial charge >= 0.3 is 0 Å². The Balaban J connectivity index is 1.63. The lowest BCUT2D eigenvalue weighted by Gasteiger charge is -2.07. The molecule has 7 heteroatoms. The number of amides is 1. The summed E-state index contributed by atoms with van der Waals surface area (Å²) in [4.78, 5) is 24.2. The molecule has 1 amide bonds. The first-order valence-electron chi connectivity index (χ1n) is 7.91. The van der Waals surface area contributed by atoms with Crippen LogP contribution in [0.2, 0.25) is 0 Å². The highest BCUT2D eigenvalue weighted by atomic mass is 16.1. The van der Waals surface area contributed by atoms with Gasteiger partial charge in [-0.2, -0.15) is 4.98 Å². The van der Waals surface area contributed by atoms with E-state index in [-0.39, 0.29) is 12.3 Å². The quantitative estimate of drug-likeness (QED) is 0.585. The third-order valence-corrected chi connectivity index (χ3v) is 3.96. The molecule has 4 rings (SSSR count). The van der Waals surface area contributed by atoms with Crippen LogP contribution in [0.4, 0.5) is 11.6 Å². The second-order valence-corrected chi connectivity index (χ2v) is 5.73. The van der Waals surface area contributed by atoms with E-state index in [1.165, 1.54) is 0 Å². The van der Waals surface area contributed by atoms with E-state index in [0.29, 0.717) is 12.5 Å². The van der Waals surface area contributed by atoms with Gasteiger partial charge in [0.25, 0.3) is 0 Å². The second-order valence-electron chi connectivity index (χ2n) is 5.73. The lowest BCUT2D eigenvalue weighted by molar-refractivity contribution is -0.118. The van der Waals surface area contributed by atoms with Gasteiger partial charge in [-0.3, -0.25) is 9.78 Å². The van der Waals surface area contributed by atoms with Crippen LogP contribution in [0.1, 0.15) is 6.42 Å². The van der Waals surface area contributed by atoms with Crippen molar-refractivity contribution in [2.24, 2.45) is 5.73 Å². The molecule has 0 aliphatic carbocycles. The van der Waals surface area contributed by atoms with Crippen molar-refractivity contribution in [1.29, 1.82) is 0 Å². The minimum atomic E-state index is -0.334. The second kappa shape index (κ2) is 6.20. The number of nitrogens with one attached hydrogen (secondary N) is 1. The molecule has 0 unspecified atom stereocenters. The lowest BCUT2D eigenvalue weighted by atomic mass is 10.2. The van der Waals surface area contributed by atoms with Crippen molar-refractivity contribution in [3.63, 3.8) is 0 Å². The Morgan fingerprint density at radius 2 is 2.08 bits per heavy atom. The molecule has 0 spiro atoms. The van der Waals surface area contributed by atoms with Gasteiger partial charge in [0.1, 0.15) is 5.65 Å². The molecule has 4 aromatic rings. The summed E-state index contributed by atoms with van der Waals surface area (Å²) >= 11 is 0. The fourth-order valence-electron chi connectivity index (χ4n) is 2.72. The van der Waals surface area contributed by atoms with Gasteiger partial charge in [-0.1, -0.05) is 6.07 Å². The molecule has 0 fully saturated rings. The number of carbonyl (C=O) groups is 1. The molecule has 0 aliphatic rings. The highest BCUT2D eigenvalue weighted by molar-refractivity contribution is 5.83. The topological polar surface area (TPSA) is 98.7 Å². The molecule has 3 N–H and O–H groups in total. The monoisotopic (exact) mass is 332 g/mol. The first-order chi connectivity index (χ1) is 12.2. The van der Waals surface area contributed by atoms with Crippen LogP contribution in [0.3, 0.4) is 0 Å². The standard InChI is InChI=1S/C18H16N6O/c19-16(25)6-9-24-8-5-13-11-21-18(23-17(13)24)22-14-3-4-15-12(10-14)2-1-7-20-15/h1-5,7-8,10-11H,6,9H2,(H2,19,25)(H,21,22,23). The molecule has 3 aromatic heterocycles. The van der Waals surface area contributed by atoms with Gasteiger partial charge in [-0.15, -0.1) is 0 Å². The minimum absolute atomic E-state index is 0.272. The average molecular weight is 332 g/mol. The number of primary amides is 1. The highest BCUT2D eigenvalue weighted by Crippen LogP contribution is 2.21. The van der Waals surface area contributed by atoms with E-state index < -0.39 is 0 Å². The number of hydrogen-bond donors (Lipinski definition) is 2. The third kappa shape index (κ3) is 3.12. The summed E-state index contributed by atoms with van der Waals surface area (Å²) in [7, 11) is 0. The zero-order chi connectivity index (χ0) is 17.2. The molecule has 0 radical (unpaired) electrons. The van der Waals surface area contributed by atoms with E-state index in [0.717, 1.165) is 27.6 Å². The third-order valence-electron chi connectivity index (χ3n) is 3.96. The van der Waals surface area contributed by atoms with Crippen LogP contribution in [0.15, 0.2) is 55.0 Å². The van der Waals surface area contributed by atoms with Gasteiger partial charge in [-0.25, -0.2) is 4.98 Å². The van der Waals surface area contributed by atoms with Gasteiger partial charge in [0.05, 0.1) is 5.52 Å². The number of nitrogens with zero attached hydrogens (tertiary/aromatic N) is 4. The summed E-state index contributed by atoms with van der Waals surface area (Å²) in [6, 6.07) is 11.7. The van der Waals surface area contributed by atoms with Crippen molar-refractivity contribution in [3.8, 4) is 0 Å². The van der Waals surface area contributed by atoms with Crippen LogP contribution in [0.25, 0.3) is 21.9 Å². The molecule has 7 nitrogen and oxygen atoms in total.